The van der Waals surface area contributed by atoms with E-state index in [0.29, 0.717) is 37.4 Å². The number of fused-ring (bicyclic) bond motifs is 5. The summed E-state index contributed by atoms with van der Waals surface area (Å²) in [6, 6.07) is 0. The molecule has 0 aromatic carbocycles. The maximum atomic E-state index is 13.1. The van der Waals surface area contributed by atoms with E-state index in [2.05, 4.69) is 18.9 Å². The summed E-state index contributed by atoms with van der Waals surface area (Å²) in [6.07, 6.45) is 17.1. The van der Waals surface area contributed by atoms with Gasteiger partial charge in [-0.25, -0.2) is 0 Å². The van der Waals surface area contributed by atoms with Gasteiger partial charge in [-0.2, -0.15) is 0 Å². The van der Waals surface area contributed by atoms with Gasteiger partial charge in [0.25, 0.3) is 0 Å². The zero-order valence-corrected chi connectivity index (χ0v) is 19.5. The molecule has 0 N–H and O–H groups in total. The fourth-order valence-electron chi connectivity index (χ4n) is 8.45. The Hall–Kier alpha value is -1.64. The van der Waals surface area contributed by atoms with E-state index in [-0.39, 0.29) is 34.9 Å². The second kappa shape index (κ2) is 7.99. The second-order valence-corrected chi connectivity index (χ2v) is 11.1. The number of carbonyl (C=O) groups is 2. The first kappa shape index (κ1) is 22.2. The third-order valence-corrected chi connectivity index (χ3v) is 9.88. The molecule has 1 saturated heterocycles. The molecule has 3 saturated carbocycles. The highest BCUT2D eigenvalue weighted by Crippen LogP contribution is 2.68. The standard InChI is InChI=1S/C27H36O5/c1-4-10-26-11-9-21-20(22(26)7-8-23(26)24(29)17-30-18(2)28)6-5-19-16-27(31-14-15-32-27)13-12-25(19,21)3/h1,5,20-23H,6-17H2,2-3H3/t20-,21+,22+,23-,25+,26+/m1/s1. The van der Waals surface area contributed by atoms with Crippen molar-refractivity contribution in [1.29, 1.82) is 0 Å². The molecule has 5 aliphatic rings. The summed E-state index contributed by atoms with van der Waals surface area (Å²) < 4.78 is 17.2. The predicted octanol–water partition coefficient (Wildman–Crippen LogP) is 4.44. The second-order valence-electron chi connectivity index (χ2n) is 11.1. The van der Waals surface area contributed by atoms with Crippen molar-refractivity contribution >= 4 is 11.8 Å². The molecule has 0 amide bonds. The summed E-state index contributed by atoms with van der Waals surface area (Å²) in [7, 11) is 0. The lowest BCUT2D eigenvalue weighted by Gasteiger charge is -2.59. The average molecular weight is 441 g/mol. The third-order valence-electron chi connectivity index (χ3n) is 9.88. The molecule has 0 aromatic heterocycles. The Morgan fingerprint density at radius 1 is 1.16 bits per heavy atom. The van der Waals surface area contributed by atoms with Gasteiger partial charge in [0.1, 0.15) is 6.61 Å². The lowest BCUT2D eigenvalue weighted by Crippen LogP contribution is -2.53. The van der Waals surface area contributed by atoms with E-state index >= 15 is 0 Å². The SMILES string of the molecule is C#CC[C@]12CC[C@H]3[C@@H](CC=C4CC5(CC[C@@]43C)OCCO5)[C@@H]1CC[C@@H]2C(=O)COC(C)=O. The highest BCUT2D eigenvalue weighted by Gasteiger charge is 2.62. The Bertz CT molecular complexity index is 862. The first-order valence-electron chi connectivity index (χ1n) is 12.4. The van der Waals surface area contributed by atoms with Gasteiger partial charge in [-0.1, -0.05) is 18.6 Å². The highest BCUT2D eigenvalue weighted by molar-refractivity contribution is 5.85. The van der Waals surface area contributed by atoms with Crippen LogP contribution in [-0.2, 0) is 23.8 Å². The smallest absolute Gasteiger partial charge is 0.303 e. The van der Waals surface area contributed by atoms with Gasteiger partial charge in [0.2, 0.25) is 0 Å². The van der Waals surface area contributed by atoms with Gasteiger partial charge in [0, 0.05) is 32.1 Å². The fraction of sp³-hybridized carbons (Fsp3) is 0.778. The average Bonchev–Trinajstić information content (AvgIpc) is 3.38. The van der Waals surface area contributed by atoms with Crippen molar-refractivity contribution in [2.24, 2.45) is 34.5 Å². The molecule has 32 heavy (non-hydrogen) atoms. The molecule has 0 aromatic rings. The Balaban J connectivity index is 1.41. The lowest BCUT2D eigenvalue weighted by molar-refractivity contribution is -0.185. The van der Waals surface area contributed by atoms with Gasteiger partial charge < -0.3 is 14.2 Å². The summed E-state index contributed by atoms with van der Waals surface area (Å²) >= 11 is 0. The number of hydrogen-bond donors (Lipinski definition) is 0. The molecule has 0 radical (unpaired) electrons. The first-order chi connectivity index (χ1) is 15.3. The molecule has 5 heteroatoms. The number of terminal acetylenes is 1. The van der Waals surface area contributed by atoms with Crippen molar-refractivity contribution < 1.29 is 23.8 Å². The fourth-order valence-corrected chi connectivity index (χ4v) is 8.45. The van der Waals surface area contributed by atoms with Gasteiger partial charge in [0.05, 0.1) is 13.2 Å². The molecular weight excluding hydrogens is 404 g/mol. The van der Waals surface area contributed by atoms with Crippen LogP contribution in [0.4, 0.5) is 0 Å². The van der Waals surface area contributed by atoms with Crippen LogP contribution in [-0.4, -0.2) is 37.4 Å². The molecule has 0 unspecified atom stereocenters. The van der Waals surface area contributed by atoms with Crippen LogP contribution in [0, 0.1) is 46.8 Å². The van der Waals surface area contributed by atoms with Crippen molar-refractivity contribution in [3.05, 3.63) is 11.6 Å². The molecule has 5 rings (SSSR count). The molecule has 4 fully saturated rings. The maximum Gasteiger partial charge on any atom is 0.303 e. The third kappa shape index (κ3) is 3.29. The van der Waals surface area contributed by atoms with Crippen molar-refractivity contribution in [1.82, 2.24) is 0 Å². The van der Waals surface area contributed by atoms with Crippen LogP contribution in [0.25, 0.3) is 0 Å². The lowest BCUT2D eigenvalue weighted by atomic mass is 9.46. The molecule has 1 heterocycles. The van der Waals surface area contributed by atoms with Gasteiger partial charge in [-0.15, -0.1) is 12.3 Å². The minimum Gasteiger partial charge on any atom is -0.458 e. The summed E-state index contributed by atoms with van der Waals surface area (Å²) in [4.78, 5) is 24.4. The predicted molar refractivity (Wildman–Crippen MR) is 119 cm³/mol. The molecule has 4 aliphatic carbocycles. The molecule has 174 valence electrons. The Kier molecular flexibility index (Phi) is 5.54. The van der Waals surface area contributed by atoms with E-state index < -0.39 is 5.97 Å². The molecule has 5 nitrogen and oxygen atoms in total. The topological polar surface area (TPSA) is 61.8 Å². The number of allylic oxidation sites excluding steroid dienone is 1. The van der Waals surface area contributed by atoms with E-state index in [1.54, 1.807) is 0 Å². The molecule has 1 aliphatic heterocycles. The van der Waals surface area contributed by atoms with Crippen LogP contribution in [0.1, 0.15) is 71.6 Å². The summed E-state index contributed by atoms with van der Waals surface area (Å²) in [5.74, 6) is 3.78. The number of carbonyl (C=O) groups excluding carboxylic acids is 2. The number of ketones is 1. The van der Waals surface area contributed by atoms with E-state index in [4.69, 9.17) is 20.6 Å². The number of esters is 1. The van der Waals surface area contributed by atoms with Crippen LogP contribution in [0.2, 0.25) is 0 Å². The van der Waals surface area contributed by atoms with E-state index in [1.165, 1.54) is 12.5 Å². The number of Topliss-reactive ketones (excluding diaryl/α,β-unsaturated/α-hetero) is 1. The van der Waals surface area contributed by atoms with Crippen molar-refractivity contribution in [3.63, 3.8) is 0 Å². The Morgan fingerprint density at radius 3 is 2.66 bits per heavy atom. The van der Waals surface area contributed by atoms with Crippen molar-refractivity contribution in [2.45, 2.75) is 77.4 Å². The number of hydrogen-bond acceptors (Lipinski definition) is 5. The minimum absolute atomic E-state index is 0.0600. The Morgan fingerprint density at radius 2 is 1.94 bits per heavy atom. The minimum atomic E-state index is -0.397. The van der Waals surface area contributed by atoms with Gasteiger partial charge in [-0.05, 0) is 67.1 Å². The molecular formula is C27H36O5. The van der Waals surface area contributed by atoms with E-state index in [9.17, 15) is 9.59 Å². The van der Waals surface area contributed by atoms with Gasteiger partial charge in [-0.3, -0.25) is 9.59 Å². The van der Waals surface area contributed by atoms with Crippen molar-refractivity contribution in [2.75, 3.05) is 19.8 Å². The number of ether oxygens (including phenoxy) is 3. The molecule has 1 spiro atoms. The van der Waals surface area contributed by atoms with Crippen molar-refractivity contribution in [3.8, 4) is 12.3 Å². The van der Waals surface area contributed by atoms with Crippen LogP contribution in [0.5, 0.6) is 0 Å². The number of rotatable bonds is 4. The van der Waals surface area contributed by atoms with Crippen LogP contribution in [0.3, 0.4) is 0 Å². The quantitative estimate of drug-likeness (QED) is 0.367. The van der Waals surface area contributed by atoms with Crippen LogP contribution < -0.4 is 0 Å². The monoisotopic (exact) mass is 440 g/mol. The van der Waals surface area contributed by atoms with E-state index in [0.717, 1.165) is 51.4 Å². The van der Waals surface area contributed by atoms with Crippen LogP contribution in [0.15, 0.2) is 11.6 Å². The maximum absolute atomic E-state index is 13.1. The summed E-state index contributed by atoms with van der Waals surface area (Å²) in [6.45, 7) is 5.11. The normalized spacial score (nSPS) is 41.7. The zero-order valence-electron chi connectivity index (χ0n) is 19.5. The van der Waals surface area contributed by atoms with Gasteiger partial charge >= 0.3 is 5.97 Å². The largest absolute Gasteiger partial charge is 0.458 e. The van der Waals surface area contributed by atoms with Crippen LogP contribution >= 0.6 is 0 Å². The van der Waals surface area contributed by atoms with Gasteiger partial charge in [0.15, 0.2) is 11.6 Å². The zero-order chi connectivity index (χ0) is 22.6. The molecule has 0 bridgehead atoms. The molecule has 6 atom stereocenters. The first-order valence-corrected chi connectivity index (χ1v) is 12.4. The highest BCUT2D eigenvalue weighted by atomic mass is 16.7. The Labute approximate surface area is 191 Å². The van der Waals surface area contributed by atoms with E-state index in [1.807, 2.05) is 0 Å². The summed E-state index contributed by atoms with van der Waals surface area (Å²) in [5, 5.41) is 0. The summed E-state index contributed by atoms with van der Waals surface area (Å²) in [5.41, 5.74) is 1.57.